The van der Waals surface area contributed by atoms with Gasteiger partial charge in [-0.15, -0.1) is 6.07 Å². The molecule has 0 heterocycles. The summed E-state index contributed by atoms with van der Waals surface area (Å²) in [6.45, 7) is 0. The van der Waals surface area contributed by atoms with Gasteiger partial charge in [0.05, 0.1) is 0 Å². The first-order valence-corrected chi connectivity index (χ1v) is 10.1. The molecule has 0 aliphatic rings. The first kappa shape index (κ1) is 10.9. The topological polar surface area (TPSA) is 0 Å². The fourth-order valence-corrected chi connectivity index (χ4v) is 0.833. The molecule has 0 radical (unpaired) electrons. The molecule has 0 spiro atoms. The van der Waals surface area contributed by atoms with E-state index in [0.29, 0.717) is 10.0 Å². The van der Waals surface area contributed by atoms with E-state index in [9.17, 15) is 0 Å². The van der Waals surface area contributed by atoms with Crippen molar-refractivity contribution in [1.29, 1.82) is 0 Å². The van der Waals surface area contributed by atoms with Gasteiger partial charge in [0, 0.05) is 0 Å². The molecule has 10 heavy (non-hydrogen) atoms. The summed E-state index contributed by atoms with van der Waals surface area (Å²) >= 11 is 15.3. The third-order valence-electron chi connectivity index (χ3n) is 0.718. The normalized spacial score (nSPS) is 8.10. The molecule has 0 aliphatic carbocycles. The molecule has 1 rings (SSSR count). The van der Waals surface area contributed by atoms with Gasteiger partial charge in [-0.2, -0.15) is 41.4 Å². The van der Waals surface area contributed by atoms with E-state index in [1.165, 1.54) is 16.3 Å². The Morgan fingerprint density at radius 3 is 1.80 bits per heavy atom. The second-order valence-corrected chi connectivity index (χ2v) is 2.24. The van der Waals surface area contributed by atoms with Crippen LogP contribution in [0, 0.1) is 6.07 Å². The zero-order valence-corrected chi connectivity index (χ0v) is 11.1. The van der Waals surface area contributed by atoms with Crippen LogP contribution in [-0.4, -0.2) is 0 Å². The molecule has 0 fully saturated rings. The molecule has 50 valence electrons. The Labute approximate surface area is 86.9 Å². The average molecular weight is 291 g/mol. The van der Waals surface area contributed by atoms with Crippen LogP contribution in [0.1, 0.15) is 0 Å². The van der Waals surface area contributed by atoms with Crippen molar-refractivity contribution in [1.82, 2.24) is 0 Å². The zero-order valence-electron chi connectivity index (χ0n) is 5.07. The van der Waals surface area contributed by atoms with E-state index in [2.05, 4.69) is 19.7 Å². The van der Waals surface area contributed by atoms with E-state index < -0.39 is 0 Å². The molecule has 0 nitrogen and oxygen atoms in total. The molecule has 0 amide bonds. The zero-order chi connectivity index (χ0) is 7.98. The predicted molar refractivity (Wildman–Crippen MR) is 44.2 cm³/mol. The van der Waals surface area contributed by atoms with Crippen LogP contribution in [0.2, 0.25) is 10.0 Å². The van der Waals surface area contributed by atoms with Crippen molar-refractivity contribution in [2.24, 2.45) is 0 Å². The molecule has 0 atom stereocenters. The van der Waals surface area contributed by atoms with E-state index in [1.54, 1.807) is 18.2 Å². The number of hydrogen-bond donors (Lipinski definition) is 0. The standard InChI is InChI=1S/C6H3Cl2.BrH.Zn/c7-5-2-1-3-6(8)4-5;;/h2-4H;1H;/q-1;;+2/p-1. The second-order valence-electron chi connectivity index (χ2n) is 1.37. The van der Waals surface area contributed by atoms with Crippen molar-refractivity contribution >= 4 is 36.8 Å². The van der Waals surface area contributed by atoms with Gasteiger partial charge in [0.15, 0.2) is 0 Å². The quantitative estimate of drug-likeness (QED) is 0.506. The first-order valence-electron chi connectivity index (χ1n) is 2.38. The van der Waals surface area contributed by atoms with Gasteiger partial charge in [-0.05, 0) is 0 Å². The molecular formula is C6H3BrCl2Zn. The van der Waals surface area contributed by atoms with Crippen LogP contribution in [0.4, 0.5) is 0 Å². The van der Waals surface area contributed by atoms with Gasteiger partial charge in [-0.25, -0.2) is 0 Å². The van der Waals surface area contributed by atoms with Crippen molar-refractivity contribution in [2.45, 2.75) is 0 Å². The van der Waals surface area contributed by atoms with Gasteiger partial charge in [-0.1, -0.05) is 10.0 Å². The van der Waals surface area contributed by atoms with Crippen molar-refractivity contribution in [3.05, 3.63) is 34.3 Å². The Morgan fingerprint density at radius 2 is 1.60 bits per heavy atom. The van der Waals surface area contributed by atoms with E-state index in [4.69, 9.17) is 23.2 Å². The van der Waals surface area contributed by atoms with Crippen LogP contribution in [0.3, 0.4) is 0 Å². The summed E-state index contributed by atoms with van der Waals surface area (Å²) in [6.07, 6.45) is 0. The van der Waals surface area contributed by atoms with Gasteiger partial charge in [0.1, 0.15) is 0 Å². The molecule has 0 unspecified atom stereocenters. The summed E-state index contributed by atoms with van der Waals surface area (Å²) in [4.78, 5) is 0. The summed E-state index contributed by atoms with van der Waals surface area (Å²) in [7, 11) is 0. The van der Waals surface area contributed by atoms with Crippen LogP contribution < -0.4 is 0 Å². The third-order valence-corrected chi connectivity index (χ3v) is 1.15. The Hall–Kier alpha value is 0.903. The predicted octanol–water partition coefficient (Wildman–Crippen LogP) is 3.64. The van der Waals surface area contributed by atoms with Gasteiger partial charge in [0.2, 0.25) is 0 Å². The maximum absolute atomic E-state index is 5.53. The fraction of sp³-hybridized carbons (Fsp3) is 0. The molecule has 0 bridgehead atoms. The molecule has 0 saturated carbocycles. The molecule has 4 heteroatoms. The molecule has 0 N–H and O–H groups in total. The monoisotopic (exact) mass is 288 g/mol. The van der Waals surface area contributed by atoms with Crippen LogP contribution in [0.15, 0.2) is 18.2 Å². The summed E-state index contributed by atoms with van der Waals surface area (Å²) in [6, 6.07) is 7.75. The van der Waals surface area contributed by atoms with Crippen molar-refractivity contribution in [3.63, 3.8) is 0 Å². The van der Waals surface area contributed by atoms with E-state index in [0.717, 1.165) is 0 Å². The molecule has 1 aromatic rings. The van der Waals surface area contributed by atoms with E-state index in [1.807, 2.05) is 0 Å². The second kappa shape index (κ2) is 6.60. The minimum absolute atomic E-state index is 0.623. The third kappa shape index (κ3) is 4.68. The van der Waals surface area contributed by atoms with Crippen LogP contribution in [-0.2, 0) is 16.3 Å². The first-order chi connectivity index (χ1) is 4.79. The van der Waals surface area contributed by atoms with Gasteiger partial charge < -0.3 is 0 Å². The van der Waals surface area contributed by atoms with E-state index in [-0.39, 0.29) is 0 Å². The number of hydrogen-bond acceptors (Lipinski definition) is 0. The molecule has 0 saturated heterocycles. The number of rotatable bonds is 0. The van der Waals surface area contributed by atoms with Crippen LogP contribution in [0.5, 0.6) is 0 Å². The number of benzene rings is 1. The van der Waals surface area contributed by atoms with Crippen molar-refractivity contribution < 1.29 is 16.3 Å². The Morgan fingerprint density at radius 1 is 1.20 bits per heavy atom. The fourth-order valence-electron chi connectivity index (χ4n) is 0.416. The SMILES string of the molecule is Clc1c[c-]cc(Cl)c1.[Zn+][Br]. The van der Waals surface area contributed by atoms with Crippen molar-refractivity contribution in [2.75, 3.05) is 0 Å². The maximum atomic E-state index is 5.53. The van der Waals surface area contributed by atoms with Crippen LogP contribution >= 0.6 is 36.8 Å². The minimum atomic E-state index is 0.623. The van der Waals surface area contributed by atoms with Gasteiger partial charge in [0.25, 0.3) is 0 Å². The molecular weight excluding hydrogens is 288 g/mol. The summed E-state index contributed by atoms with van der Waals surface area (Å²) < 4.78 is 0. The van der Waals surface area contributed by atoms with Gasteiger partial charge >= 0.3 is 30.0 Å². The molecule has 0 aromatic heterocycles. The summed E-state index contributed by atoms with van der Waals surface area (Å²) in [5.41, 5.74) is 0. The summed E-state index contributed by atoms with van der Waals surface area (Å²) in [5.74, 6) is 0. The molecule has 1 aromatic carbocycles. The van der Waals surface area contributed by atoms with Crippen LogP contribution in [0.25, 0.3) is 0 Å². The molecule has 0 aliphatic heterocycles. The Kier molecular flexibility index (Phi) is 7.20. The van der Waals surface area contributed by atoms with E-state index >= 15 is 0 Å². The average Bonchev–Trinajstić information content (AvgIpc) is 1.91. The number of halogens is 3. The Balaban J connectivity index is 0.000000371. The Bertz CT molecular complexity index is 176. The summed E-state index contributed by atoms with van der Waals surface area (Å²) in [5, 5.41) is 1.25. The van der Waals surface area contributed by atoms with Crippen molar-refractivity contribution in [3.8, 4) is 0 Å². The van der Waals surface area contributed by atoms with Gasteiger partial charge in [-0.3, -0.25) is 0 Å².